The van der Waals surface area contributed by atoms with Crippen molar-refractivity contribution < 1.29 is 0 Å². The van der Waals surface area contributed by atoms with E-state index in [0.29, 0.717) is 0 Å². The summed E-state index contributed by atoms with van der Waals surface area (Å²) in [7, 11) is 2.20. The van der Waals surface area contributed by atoms with E-state index in [2.05, 4.69) is 42.9 Å². The van der Waals surface area contributed by atoms with Gasteiger partial charge in [-0.05, 0) is 27.8 Å². The quantitative estimate of drug-likeness (QED) is 0.679. The van der Waals surface area contributed by atoms with Crippen molar-refractivity contribution in [1.29, 1.82) is 0 Å². The Bertz CT molecular complexity index is 145. The second-order valence-electron chi connectivity index (χ2n) is 4.88. The third kappa shape index (κ3) is 3.63. The second kappa shape index (κ2) is 4.40. The summed E-state index contributed by atoms with van der Waals surface area (Å²) in [5.74, 6) is 0. The van der Waals surface area contributed by atoms with Gasteiger partial charge >= 0.3 is 0 Å². The van der Waals surface area contributed by atoms with Crippen molar-refractivity contribution in [1.82, 2.24) is 15.1 Å². The van der Waals surface area contributed by atoms with E-state index in [4.69, 9.17) is 0 Å². The lowest BCUT2D eigenvalue weighted by atomic mass is 10.1. The molecule has 0 aromatic rings. The smallest absolute Gasteiger partial charge is 0.0509 e. The van der Waals surface area contributed by atoms with Crippen molar-refractivity contribution in [3.05, 3.63) is 0 Å². The number of nitrogens with one attached hydrogen (secondary N) is 1. The number of rotatable bonds is 2. The molecule has 0 bridgehead atoms. The lowest BCUT2D eigenvalue weighted by Crippen LogP contribution is -2.51. The molecule has 0 radical (unpaired) electrons. The third-order valence-corrected chi connectivity index (χ3v) is 2.77. The van der Waals surface area contributed by atoms with Crippen molar-refractivity contribution in [3.8, 4) is 0 Å². The number of hydrogen-bond donors (Lipinski definition) is 1. The van der Waals surface area contributed by atoms with Crippen LogP contribution in [0.4, 0.5) is 0 Å². The standard InChI is InChI=1S/C10H23N3/c1-10(2,3)12(4)9-13-7-5-11-6-8-13/h11H,5-9H2,1-4H3. The molecule has 0 aliphatic carbocycles. The van der Waals surface area contributed by atoms with Crippen LogP contribution < -0.4 is 5.32 Å². The lowest BCUT2D eigenvalue weighted by molar-refractivity contribution is 0.0747. The van der Waals surface area contributed by atoms with Gasteiger partial charge in [-0.1, -0.05) is 0 Å². The normalized spacial score (nSPS) is 21.0. The van der Waals surface area contributed by atoms with Gasteiger partial charge in [-0.15, -0.1) is 0 Å². The van der Waals surface area contributed by atoms with Crippen LogP contribution in [0.1, 0.15) is 20.8 Å². The molecule has 1 N–H and O–H groups in total. The Morgan fingerprint density at radius 3 is 2.23 bits per heavy atom. The average molecular weight is 185 g/mol. The van der Waals surface area contributed by atoms with Crippen molar-refractivity contribution in [2.75, 3.05) is 39.9 Å². The van der Waals surface area contributed by atoms with Crippen LogP contribution in [-0.4, -0.2) is 55.2 Å². The van der Waals surface area contributed by atoms with Crippen LogP contribution in [0.25, 0.3) is 0 Å². The molecular weight excluding hydrogens is 162 g/mol. The van der Waals surface area contributed by atoms with E-state index >= 15 is 0 Å². The first-order chi connectivity index (χ1) is 6.00. The van der Waals surface area contributed by atoms with Gasteiger partial charge in [-0.3, -0.25) is 9.80 Å². The molecule has 0 spiro atoms. The molecule has 3 heteroatoms. The first-order valence-corrected chi connectivity index (χ1v) is 5.14. The van der Waals surface area contributed by atoms with E-state index in [0.717, 1.165) is 19.8 Å². The summed E-state index contributed by atoms with van der Waals surface area (Å²) < 4.78 is 0. The van der Waals surface area contributed by atoms with Crippen LogP contribution >= 0.6 is 0 Å². The van der Waals surface area contributed by atoms with E-state index in [1.807, 2.05) is 0 Å². The van der Waals surface area contributed by atoms with E-state index in [1.54, 1.807) is 0 Å². The highest BCUT2D eigenvalue weighted by molar-refractivity contribution is 4.75. The molecule has 1 rings (SSSR count). The highest BCUT2D eigenvalue weighted by Crippen LogP contribution is 2.10. The van der Waals surface area contributed by atoms with Crippen LogP contribution in [0, 0.1) is 0 Å². The zero-order chi connectivity index (χ0) is 9.90. The molecule has 3 nitrogen and oxygen atoms in total. The first-order valence-electron chi connectivity index (χ1n) is 5.14. The minimum Gasteiger partial charge on any atom is -0.314 e. The van der Waals surface area contributed by atoms with Gasteiger partial charge in [0.25, 0.3) is 0 Å². The lowest BCUT2D eigenvalue weighted by Gasteiger charge is -2.38. The van der Waals surface area contributed by atoms with Gasteiger partial charge in [-0.2, -0.15) is 0 Å². The molecule has 0 atom stereocenters. The Kier molecular flexibility index (Phi) is 3.71. The highest BCUT2D eigenvalue weighted by Gasteiger charge is 2.19. The van der Waals surface area contributed by atoms with E-state index in [1.165, 1.54) is 13.1 Å². The van der Waals surface area contributed by atoms with Gasteiger partial charge < -0.3 is 5.32 Å². The second-order valence-corrected chi connectivity index (χ2v) is 4.88. The van der Waals surface area contributed by atoms with Crippen LogP contribution in [0.2, 0.25) is 0 Å². The maximum Gasteiger partial charge on any atom is 0.0509 e. The molecule has 1 aliphatic rings. The van der Waals surface area contributed by atoms with Gasteiger partial charge in [0, 0.05) is 31.7 Å². The SMILES string of the molecule is CN(CN1CCNCC1)C(C)(C)C. The van der Waals surface area contributed by atoms with Crippen molar-refractivity contribution in [3.63, 3.8) is 0 Å². The molecule has 1 fully saturated rings. The van der Waals surface area contributed by atoms with Crippen molar-refractivity contribution >= 4 is 0 Å². The van der Waals surface area contributed by atoms with Crippen molar-refractivity contribution in [2.45, 2.75) is 26.3 Å². The molecule has 1 saturated heterocycles. The summed E-state index contributed by atoms with van der Waals surface area (Å²) in [6.07, 6.45) is 0. The van der Waals surface area contributed by atoms with E-state index in [9.17, 15) is 0 Å². The Morgan fingerprint density at radius 2 is 1.77 bits per heavy atom. The maximum atomic E-state index is 3.37. The Labute approximate surface area is 82.1 Å². The predicted octanol–water partition coefficient (Wildman–Crippen LogP) is 0.579. The molecular formula is C10H23N3. The zero-order valence-corrected chi connectivity index (χ0v) is 9.43. The fourth-order valence-electron chi connectivity index (χ4n) is 1.36. The third-order valence-electron chi connectivity index (χ3n) is 2.77. The highest BCUT2D eigenvalue weighted by atomic mass is 15.3. The van der Waals surface area contributed by atoms with Crippen LogP contribution in [0.5, 0.6) is 0 Å². The molecule has 0 aromatic carbocycles. The van der Waals surface area contributed by atoms with Crippen molar-refractivity contribution in [2.24, 2.45) is 0 Å². The zero-order valence-electron chi connectivity index (χ0n) is 9.43. The molecule has 0 unspecified atom stereocenters. The Hall–Kier alpha value is -0.120. The minimum atomic E-state index is 0.283. The summed E-state index contributed by atoms with van der Waals surface area (Å²) in [5, 5.41) is 3.37. The van der Waals surface area contributed by atoms with Gasteiger partial charge in [0.05, 0.1) is 6.67 Å². The molecule has 1 aliphatic heterocycles. The topological polar surface area (TPSA) is 18.5 Å². The summed E-state index contributed by atoms with van der Waals surface area (Å²) >= 11 is 0. The van der Waals surface area contributed by atoms with Crippen LogP contribution in [0.3, 0.4) is 0 Å². The monoisotopic (exact) mass is 185 g/mol. The van der Waals surface area contributed by atoms with Gasteiger partial charge in [0.1, 0.15) is 0 Å². The molecule has 0 amide bonds. The molecule has 0 saturated carbocycles. The molecule has 13 heavy (non-hydrogen) atoms. The van der Waals surface area contributed by atoms with Crippen LogP contribution in [-0.2, 0) is 0 Å². The van der Waals surface area contributed by atoms with E-state index < -0.39 is 0 Å². The summed E-state index contributed by atoms with van der Waals surface area (Å²) in [6, 6.07) is 0. The first kappa shape index (κ1) is 11.0. The maximum absolute atomic E-state index is 3.37. The fourth-order valence-corrected chi connectivity index (χ4v) is 1.36. The molecule has 78 valence electrons. The molecule has 1 heterocycles. The molecule has 0 aromatic heterocycles. The largest absolute Gasteiger partial charge is 0.314 e. The van der Waals surface area contributed by atoms with Crippen LogP contribution in [0.15, 0.2) is 0 Å². The number of nitrogens with zero attached hydrogens (tertiary/aromatic N) is 2. The average Bonchev–Trinajstić information content (AvgIpc) is 2.04. The predicted molar refractivity (Wildman–Crippen MR) is 56.8 cm³/mol. The van der Waals surface area contributed by atoms with Gasteiger partial charge in [0.15, 0.2) is 0 Å². The van der Waals surface area contributed by atoms with E-state index in [-0.39, 0.29) is 5.54 Å². The summed E-state index contributed by atoms with van der Waals surface area (Å²) in [6.45, 7) is 12.5. The fraction of sp³-hybridized carbons (Fsp3) is 1.00. The summed E-state index contributed by atoms with van der Waals surface area (Å²) in [4.78, 5) is 4.90. The number of piperazine rings is 1. The summed E-state index contributed by atoms with van der Waals surface area (Å²) in [5.41, 5.74) is 0.283. The van der Waals surface area contributed by atoms with Gasteiger partial charge in [-0.25, -0.2) is 0 Å². The van der Waals surface area contributed by atoms with Gasteiger partial charge in [0.2, 0.25) is 0 Å². The Morgan fingerprint density at radius 1 is 1.23 bits per heavy atom. The number of hydrogen-bond acceptors (Lipinski definition) is 3. The minimum absolute atomic E-state index is 0.283. The Balaban J connectivity index is 2.30.